The second kappa shape index (κ2) is 10.8. The van der Waals surface area contributed by atoms with Crippen molar-refractivity contribution in [2.45, 2.75) is 50.2 Å². The molecule has 2 fully saturated rings. The third-order valence-corrected chi connectivity index (χ3v) is 7.29. The third kappa shape index (κ3) is 5.99. The first kappa shape index (κ1) is 26.9. The van der Waals surface area contributed by atoms with E-state index in [-0.39, 0.29) is 29.3 Å². The smallest absolute Gasteiger partial charge is 0.274 e. The molecule has 0 saturated carbocycles. The van der Waals surface area contributed by atoms with Gasteiger partial charge in [0.15, 0.2) is 11.5 Å². The maximum atomic E-state index is 14.2. The lowest BCUT2D eigenvalue weighted by molar-refractivity contribution is -0.127. The van der Waals surface area contributed by atoms with Crippen molar-refractivity contribution in [1.29, 1.82) is 0 Å². The quantitative estimate of drug-likeness (QED) is 0.452. The summed E-state index contributed by atoms with van der Waals surface area (Å²) in [5.41, 5.74) is -0.902. The number of nitrogens with zero attached hydrogens (tertiary/aromatic N) is 3. The van der Waals surface area contributed by atoms with Crippen molar-refractivity contribution in [3.63, 3.8) is 0 Å². The Morgan fingerprint density at radius 3 is 2.59 bits per heavy atom. The molecule has 2 aliphatic heterocycles. The molecule has 0 bridgehead atoms. The summed E-state index contributed by atoms with van der Waals surface area (Å²) in [6.07, 6.45) is 3.50. The number of ether oxygens (including phenoxy) is 1. The van der Waals surface area contributed by atoms with Gasteiger partial charge in [0.05, 0.1) is 28.8 Å². The van der Waals surface area contributed by atoms with E-state index in [1.807, 2.05) is 32.0 Å². The number of amides is 2. The van der Waals surface area contributed by atoms with Crippen LogP contribution in [0.3, 0.4) is 0 Å². The van der Waals surface area contributed by atoms with Crippen LogP contribution in [0, 0.1) is 11.6 Å². The predicted octanol–water partition coefficient (Wildman–Crippen LogP) is 3.42. The SMILES string of the molecule is CC(C)(NC(=O)CC1(NC(=O)c2cc(-c3ccc(F)cc3F)on2)CN(C2CCOCC2)C1)c1ccccn1. The Hall–Kier alpha value is -3.70. The van der Waals surface area contributed by atoms with E-state index in [9.17, 15) is 18.4 Å². The van der Waals surface area contributed by atoms with Gasteiger partial charge < -0.3 is 19.9 Å². The van der Waals surface area contributed by atoms with Crippen LogP contribution in [0.4, 0.5) is 8.78 Å². The summed E-state index contributed by atoms with van der Waals surface area (Å²) >= 11 is 0. The lowest BCUT2D eigenvalue weighted by Crippen LogP contribution is -2.73. The number of benzene rings is 1. The van der Waals surface area contributed by atoms with Gasteiger partial charge in [-0.1, -0.05) is 11.2 Å². The maximum Gasteiger partial charge on any atom is 0.274 e. The number of halogens is 2. The minimum absolute atomic E-state index is 0.000930. The number of nitrogens with one attached hydrogen (secondary N) is 2. The van der Waals surface area contributed by atoms with Crippen LogP contribution in [0.1, 0.15) is 49.3 Å². The first-order valence-corrected chi connectivity index (χ1v) is 12.9. The molecule has 39 heavy (non-hydrogen) atoms. The number of hydrogen-bond acceptors (Lipinski definition) is 7. The largest absolute Gasteiger partial charge is 0.381 e. The molecular formula is C28H31F2N5O4. The van der Waals surface area contributed by atoms with Gasteiger partial charge in [0, 0.05) is 50.7 Å². The Labute approximate surface area is 224 Å². The highest BCUT2D eigenvalue weighted by atomic mass is 19.1. The van der Waals surface area contributed by atoms with Crippen LogP contribution >= 0.6 is 0 Å². The van der Waals surface area contributed by atoms with E-state index < -0.39 is 28.6 Å². The van der Waals surface area contributed by atoms with Gasteiger partial charge in [0.1, 0.15) is 11.6 Å². The van der Waals surface area contributed by atoms with E-state index in [2.05, 4.69) is 25.7 Å². The fourth-order valence-electron chi connectivity index (χ4n) is 5.27. The Kier molecular flexibility index (Phi) is 7.46. The lowest BCUT2D eigenvalue weighted by atomic mass is 9.82. The minimum atomic E-state index is -0.833. The van der Waals surface area contributed by atoms with Gasteiger partial charge in [-0.3, -0.25) is 19.5 Å². The van der Waals surface area contributed by atoms with Crippen molar-refractivity contribution in [1.82, 2.24) is 25.7 Å². The Bertz CT molecular complexity index is 1330. The average Bonchev–Trinajstić information content (AvgIpc) is 3.38. The molecule has 9 nitrogen and oxygen atoms in total. The molecule has 2 amide bonds. The van der Waals surface area contributed by atoms with E-state index in [1.54, 1.807) is 6.20 Å². The van der Waals surface area contributed by atoms with Crippen LogP contribution in [-0.2, 0) is 15.1 Å². The van der Waals surface area contributed by atoms with Gasteiger partial charge in [-0.05, 0) is 51.0 Å². The summed E-state index contributed by atoms with van der Waals surface area (Å²) in [5, 5.41) is 9.84. The fourth-order valence-corrected chi connectivity index (χ4v) is 5.27. The van der Waals surface area contributed by atoms with Crippen LogP contribution < -0.4 is 10.6 Å². The normalized spacial score (nSPS) is 17.8. The van der Waals surface area contributed by atoms with Crippen LogP contribution in [0.15, 0.2) is 53.2 Å². The van der Waals surface area contributed by atoms with Crippen LogP contribution in [0.2, 0.25) is 0 Å². The monoisotopic (exact) mass is 539 g/mol. The van der Waals surface area contributed by atoms with E-state index >= 15 is 0 Å². The highest BCUT2D eigenvalue weighted by molar-refractivity contribution is 5.94. The molecule has 0 aliphatic carbocycles. The summed E-state index contributed by atoms with van der Waals surface area (Å²) in [6, 6.07) is 10.2. The highest BCUT2D eigenvalue weighted by Crippen LogP contribution is 2.32. The van der Waals surface area contributed by atoms with Crippen molar-refractivity contribution in [2.75, 3.05) is 26.3 Å². The maximum absolute atomic E-state index is 14.2. The van der Waals surface area contributed by atoms with Crippen LogP contribution in [0.5, 0.6) is 0 Å². The molecular weight excluding hydrogens is 508 g/mol. The van der Waals surface area contributed by atoms with Crippen molar-refractivity contribution >= 4 is 11.8 Å². The number of hydrogen-bond donors (Lipinski definition) is 2. The Morgan fingerprint density at radius 2 is 1.90 bits per heavy atom. The molecule has 2 aromatic heterocycles. The number of rotatable bonds is 8. The second-order valence-electron chi connectivity index (χ2n) is 10.7. The summed E-state index contributed by atoms with van der Waals surface area (Å²) in [5.74, 6) is -2.33. The molecule has 4 heterocycles. The lowest BCUT2D eigenvalue weighted by Gasteiger charge is -2.54. The molecule has 2 aliphatic rings. The van der Waals surface area contributed by atoms with Crippen molar-refractivity contribution < 1.29 is 27.6 Å². The molecule has 3 aromatic rings. The molecule has 1 aromatic carbocycles. The first-order chi connectivity index (χ1) is 18.6. The number of carbonyl (C=O) groups excluding carboxylic acids is 2. The summed E-state index contributed by atoms with van der Waals surface area (Å²) in [4.78, 5) is 33.1. The first-order valence-electron chi connectivity index (χ1n) is 12.9. The molecule has 0 atom stereocenters. The van der Waals surface area contributed by atoms with E-state index in [1.165, 1.54) is 12.1 Å². The average molecular weight is 540 g/mol. The van der Waals surface area contributed by atoms with Gasteiger partial charge in [-0.25, -0.2) is 8.78 Å². The van der Waals surface area contributed by atoms with Gasteiger partial charge in [-0.15, -0.1) is 0 Å². The van der Waals surface area contributed by atoms with Crippen molar-refractivity contribution in [3.05, 3.63) is 71.7 Å². The van der Waals surface area contributed by atoms with Crippen molar-refractivity contribution in [2.24, 2.45) is 0 Å². The summed E-state index contributed by atoms with van der Waals surface area (Å²) in [7, 11) is 0. The van der Waals surface area contributed by atoms with Gasteiger partial charge >= 0.3 is 0 Å². The van der Waals surface area contributed by atoms with Crippen molar-refractivity contribution in [3.8, 4) is 11.3 Å². The standard InChI is InChI=1S/C28H31F2N5O4/c1-27(2,24-5-3-4-10-31-24)32-25(36)15-28(16-35(17-28)19-8-11-38-12-9-19)33-26(37)22-14-23(39-34-22)20-7-6-18(29)13-21(20)30/h3-7,10,13-14,19H,8-9,11-12,15-17H2,1-2H3,(H,32,36)(H,33,37). The molecule has 2 N–H and O–H groups in total. The Morgan fingerprint density at radius 1 is 1.13 bits per heavy atom. The number of aromatic nitrogens is 2. The Balaban J connectivity index is 1.31. The highest BCUT2D eigenvalue weighted by Gasteiger charge is 2.48. The molecule has 0 radical (unpaired) electrons. The van der Waals surface area contributed by atoms with E-state index in [0.29, 0.717) is 32.3 Å². The molecule has 11 heteroatoms. The predicted molar refractivity (Wildman–Crippen MR) is 137 cm³/mol. The number of likely N-dealkylation sites (tertiary alicyclic amines) is 1. The van der Waals surface area contributed by atoms with Gasteiger partial charge in [0.25, 0.3) is 5.91 Å². The molecule has 2 saturated heterocycles. The summed E-state index contributed by atoms with van der Waals surface area (Å²) < 4.78 is 38.2. The van der Waals surface area contributed by atoms with E-state index in [4.69, 9.17) is 9.26 Å². The number of pyridine rings is 1. The zero-order valence-corrected chi connectivity index (χ0v) is 21.9. The zero-order chi connectivity index (χ0) is 27.6. The fraction of sp³-hybridized carbons (Fsp3) is 0.429. The molecule has 0 unspecified atom stereocenters. The van der Waals surface area contributed by atoms with E-state index in [0.717, 1.165) is 30.7 Å². The molecule has 206 valence electrons. The number of carbonyl (C=O) groups is 2. The molecule has 5 rings (SSSR count). The third-order valence-electron chi connectivity index (χ3n) is 7.29. The topological polar surface area (TPSA) is 110 Å². The zero-order valence-electron chi connectivity index (χ0n) is 21.9. The second-order valence-corrected chi connectivity index (χ2v) is 10.7. The summed E-state index contributed by atoms with van der Waals surface area (Å²) in [6.45, 7) is 6.08. The van der Waals surface area contributed by atoms with Crippen LogP contribution in [0.25, 0.3) is 11.3 Å². The minimum Gasteiger partial charge on any atom is -0.381 e. The van der Waals surface area contributed by atoms with Gasteiger partial charge in [0.2, 0.25) is 5.91 Å². The van der Waals surface area contributed by atoms with Gasteiger partial charge in [-0.2, -0.15) is 0 Å². The van der Waals surface area contributed by atoms with Crippen LogP contribution in [-0.4, -0.2) is 64.7 Å². The molecule has 0 spiro atoms.